The number of benzene rings is 1. The molecule has 2 heterocycles. The van der Waals surface area contributed by atoms with E-state index in [2.05, 4.69) is 10.4 Å². The molecule has 0 amide bonds. The van der Waals surface area contributed by atoms with Crippen LogP contribution < -0.4 is 5.32 Å². The third-order valence-electron chi connectivity index (χ3n) is 3.16. The molecule has 1 aromatic heterocycles. The molecule has 0 spiro atoms. The summed E-state index contributed by atoms with van der Waals surface area (Å²) in [6.07, 6.45) is 0.933. The Morgan fingerprint density at radius 3 is 2.88 bits per heavy atom. The van der Waals surface area contributed by atoms with Crippen LogP contribution in [0.15, 0.2) is 30.3 Å². The Morgan fingerprint density at radius 2 is 2.12 bits per heavy atom. The van der Waals surface area contributed by atoms with Crippen LogP contribution in [0.25, 0.3) is 5.69 Å². The Morgan fingerprint density at radius 1 is 1.29 bits per heavy atom. The van der Waals surface area contributed by atoms with Gasteiger partial charge in [0.15, 0.2) is 0 Å². The van der Waals surface area contributed by atoms with Crippen LogP contribution in [0.4, 0.5) is 0 Å². The van der Waals surface area contributed by atoms with Gasteiger partial charge in [0.25, 0.3) is 0 Å². The summed E-state index contributed by atoms with van der Waals surface area (Å²) in [5.74, 6) is 0. The van der Waals surface area contributed by atoms with E-state index in [0.717, 1.165) is 42.1 Å². The van der Waals surface area contributed by atoms with Gasteiger partial charge in [0.2, 0.25) is 0 Å². The highest BCUT2D eigenvalue weighted by atomic mass is 16.3. The molecule has 0 saturated carbocycles. The number of fused-ring (bicyclic) bond motifs is 1. The molecule has 0 aliphatic carbocycles. The van der Waals surface area contributed by atoms with Crippen LogP contribution in [0.5, 0.6) is 0 Å². The van der Waals surface area contributed by atoms with E-state index in [4.69, 9.17) is 0 Å². The number of aliphatic hydroxyl groups excluding tert-OH is 1. The molecule has 1 aromatic carbocycles. The van der Waals surface area contributed by atoms with Gasteiger partial charge in [-0.15, -0.1) is 0 Å². The number of aromatic nitrogens is 2. The lowest BCUT2D eigenvalue weighted by Crippen LogP contribution is -2.23. The molecule has 17 heavy (non-hydrogen) atoms. The first-order valence-corrected chi connectivity index (χ1v) is 5.87. The highest BCUT2D eigenvalue weighted by Crippen LogP contribution is 2.21. The Labute approximate surface area is 99.9 Å². The van der Waals surface area contributed by atoms with Gasteiger partial charge in [0, 0.05) is 25.1 Å². The fourth-order valence-electron chi connectivity index (χ4n) is 2.31. The van der Waals surface area contributed by atoms with Crippen LogP contribution >= 0.6 is 0 Å². The molecule has 2 N–H and O–H groups in total. The van der Waals surface area contributed by atoms with Crippen molar-refractivity contribution in [2.75, 3.05) is 6.54 Å². The second kappa shape index (κ2) is 4.31. The van der Waals surface area contributed by atoms with Crippen molar-refractivity contribution in [1.29, 1.82) is 0 Å². The second-order valence-corrected chi connectivity index (χ2v) is 4.20. The molecule has 0 atom stereocenters. The van der Waals surface area contributed by atoms with E-state index >= 15 is 0 Å². The van der Waals surface area contributed by atoms with Crippen molar-refractivity contribution >= 4 is 0 Å². The summed E-state index contributed by atoms with van der Waals surface area (Å²) in [4.78, 5) is 0. The number of para-hydroxylation sites is 1. The quantitative estimate of drug-likeness (QED) is 0.808. The van der Waals surface area contributed by atoms with Crippen molar-refractivity contribution in [3.05, 3.63) is 47.3 Å². The number of rotatable bonds is 2. The highest BCUT2D eigenvalue weighted by Gasteiger charge is 2.20. The molecule has 0 bridgehead atoms. The fourth-order valence-corrected chi connectivity index (χ4v) is 2.31. The lowest BCUT2D eigenvalue weighted by molar-refractivity contribution is 0.271. The summed E-state index contributed by atoms with van der Waals surface area (Å²) in [7, 11) is 0. The van der Waals surface area contributed by atoms with E-state index in [0.29, 0.717) is 0 Å². The van der Waals surface area contributed by atoms with Crippen molar-refractivity contribution in [1.82, 2.24) is 15.1 Å². The molecule has 1 aliphatic heterocycles. The lowest BCUT2D eigenvalue weighted by Gasteiger charge is -2.12. The van der Waals surface area contributed by atoms with E-state index < -0.39 is 0 Å². The van der Waals surface area contributed by atoms with Crippen molar-refractivity contribution in [3.8, 4) is 5.69 Å². The summed E-state index contributed by atoms with van der Waals surface area (Å²) in [5.41, 5.74) is 4.17. The first-order chi connectivity index (χ1) is 8.40. The predicted molar refractivity (Wildman–Crippen MR) is 64.9 cm³/mol. The summed E-state index contributed by atoms with van der Waals surface area (Å²) < 4.78 is 1.86. The molecule has 0 unspecified atom stereocenters. The average molecular weight is 229 g/mol. The van der Waals surface area contributed by atoms with Crippen molar-refractivity contribution in [3.63, 3.8) is 0 Å². The van der Waals surface area contributed by atoms with E-state index in [1.807, 2.05) is 35.0 Å². The third kappa shape index (κ3) is 1.75. The molecular formula is C13H15N3O. The van der Waals surface area contributed by atoms with Crippen LogP contribution in [0, 0.1) is 0 Å². The first kappa shape index (κ1) is 10.5. The molecule has 0 radical (unpaired) electrons. The topological polar surface area (TPSA) is 50.1 Å². The van der Waals surface area contributed by atoms with E-state index in [9.17, 15) is 5.11 Å². The zero-order valence-corrected chi connectivity index (χ0v) is 9.56. The minimum Gasteiger partial charge on any atom is -0.390 e. The normalized spacial score (nSPS) is 14.6. The maximum absolute atomic E-state index is 9.54. The van der Waals surface area contributed by atoms with E-state index in [-0.39, 0.29) is 6.61 Å². The zero-order valence-electron chi connectivity index (χ0n) is 9.56. The molecule has 1 aliphatic rings. The monoisotopic (exact) mass is 229 g/mol. The maximum atomic E-state index is 9.54. The Balaban J connectivity index is 2.14. The van der Waals surface area contributed by atoms with Crippen molar-refractivity contribution in [2.24, 2.45) is 0 Å². The summed E-state index contributed by atoms with van der Waals surface area (Å²) in [5, 5.41) is 17.5. The average Bonchev–Trinajstić information content (AvgIpc) is 2.78. The third-order valence-corrected chi connectivity index (χ3v) is 3.16. The van der Waals surface area contributed by atoms with Gasteiger partial charge in [-0.05, 0) is 12.1 Å². The maximum Gasteiger partial charge on any atom is 0.0857 e. The number of nitrogens with zero attached hydrogens (tertiary/aromatic N) is 2. The predicted octanol–water partition coefficient (Wildman–Crippen LogP) is 1.01. The Kier molecular flexibility index (Phi) is 2.66. The number of aliphatic hydroxyl groups is 1. The molecule has 4 heteroatoms. The van der Waals surface area contributed by atoms with Crippen LogP contribution in [0.3, 0.4) is 0 Å². The molecule has 3 rings (SSSR count). The lowest BCUT2D eigenvalue weighted by atomic mass is 10.1. The van der Waals surface area contributed by atoms with Gasteiger partial charge < -0.3 is 10.4 Å². The van der Waals surface area contributed by atoms with Gasteiger partial charge in [0.1, 0.15) is 0 Å². The molecule has 0 fully saturated rings. The standard InChI is InChI=1S/C13H15N3O/c17-9-13-11-8-14-7-6-12(11)15-16(13)10-4-2-1-3-5-10/h1-5,14,17H,6-9H2. The van der Waals surface area contributed by atoms with Gasteiger partial charge in [-0.3, -0.25) is 0 Å². The van der Waals surface area contributed by atoms with Crippen LogP contribution in [-0.4, -0.2) is 21.4 Å². The molecular weight excluding hydrogens is 214 g/mol. The summed E-state index contributed by atoms with van der Waals surface area (Å²) in [6.45, 7) is 1.79. The van der Waals surface area contributed by atoms with Gasteiger partial charge >= 0.3 is 0 Å². The number of hydrogen-bond donors (Lipinski definition) is 2. The van der Waals surface area contributed by atoms with Gasteiger partial charge in [-0.25, -0.2) is 4.68 Å². The minimum atomic E-state index is 0.0267. The zero-order chi connectivity index (χ0) is 11.7. The Hall–Kier alpha value is -1.65. The minimum absolute atomic E-state index is 0.0267. The fraction of sp³-hybridized carbons (Fsp3) is 0.308. The van der Waals surface area contributed by atoms with E-state index in [1.54, 1.807) is 0 Å². The van der Waals surface area contributed by atoms with Crippen LogP contribution in [-0.2, 0) is 19.6 Å². The van der Waals surface area contributed by atoms with Crippen LogP contribution in [0.2, 0.25) is 0 Å². The largest absolute Gasteiger partial charge is 0.390 e. The molecule has 4 nitrogen and oxygen atoms in total. The number of nitrogens with one attached hydrogen (secondary N) is 1. The highest BCUT2D eigenvalue weighted by molar-refractivity contribution is 5.38. The molecule has 2 aromatic rings. The molecule has 0 saturated heterocycles. The Bertz CT molecular complexity index is 519. The van der Waals surface area contributed by atoms with E-state index in [1.165, 1.54) is 0 Å². The van der Waals surface area contributed by atoms with Crippen molar-refractivity contribution in [2.45, 2.75) is 19.6 Å². The number of hydrogen-bond acceptors (Lipinski definition) is 3. The first-order valence-electron chi connectivity index (χ1n) is 5.87. The van der Waals surface area contributed by atoms with Gasteiger partial charge in [0.05, 0.1) is 23.7 Å². The van der Waals surface area contributed by atoms with Gasteiger partial charge in [-0.1, -0.05) is 18.2 Å². The second-order valence-electron chi connectivity index (χ2n) is 4.20. The van der Waals surface area contributed by atoms with Crippen LogP contribution in [0.1, 0.15) is 17.0 Å². The van der Waals surface area contributed by atoms with Gasteiger partial charge in [-0.2, -0.15) is 5.10 Å². The summed E-state index contributed by atoms with van der Waals surface area (Å²) in [6, 6.07) is 9.95. The summed E-state index contributed by atoms with van der Waals surface area (Å²) >= 11 is 0. The smallest absolute Gasteiger partial charge is 0.0857 e. The SMILES string of the molecule is OCc1c2c(nn1-c1ccccc1)CCNC2. The molecule has 88 valence electrons. The van der Waals surface area contributed by atoms with Crippen molar-refractivity contribution < 1.29 is 5.11 Å².